The Morgan fingerprint density at radius 3 is 2.88 bits per heavy atom. The van der Waals surface area contributed by atoms with Crippen LogP contribution in [0.3, 0.4) is 0 Å². The van der Waals surface area contributed by atoms with E-state index < -0.39 is 18.7 Å². The summed E-state index contributed by atoms with van der Waals surface area (Å²) in [5, 5.41) is 14.3. The minimum absolute atomic E-state index is 0.167. The van der Waals surface area contributed by atoms with Crippen molar-refractivity contribution in [2.24, 2.45) is 0 Å². The number of halogens is 3. The quantitative estimate of drug-likeness (QED) is 0.772. The molecule has 3 rings (SSSR count). The average Bonchev–Trinajstić information content (AvgIpc) is 3.28. The predicted octanol–water partition coefficient (Wildman–Crippen LogP) is 2.58. The van der Waals surface area contributed by atoms with E-state index in [1.54, 1.807) is 22.9 Å². The molecule has 0 spiro atoms. The highest BCUT2D eigenvalue weighted by molar-refractivity contribution is 5.91. The van der Waals surface area contributed by atoms with E-state index in [9.17, 15) is 18.0 Å². The first-order chi connectivity index (χ1) is 11.9. The molecule has 0 aliphatic heterocycles. The number of carbonyl (C=O) groups excluding carboxylic acids is 1. The van der Waals surface area contributed by atoms with Crippen LogP contribution in [0.25, 0.3) is 11.4 Å². The molecule has 1 N–H and O–H groups in total. The molecule has 10 heteroatoms. The maximum absolute atomic E-state index is 12.0. The third kappa shape index (κ3) is 4.99. The lowest BCUT2D eigenvalue weighted by molar-refractivity contribution is -0.174. The van der Waals surface area contributed by atoms with Crippen LogP contribution in [-0.4, -0.2) is 45.5 Å². The van der Waals surface area contributed by atoms with E-state index >= 15 is 0 Å². The van der Waals surface area contributed by atoms with Gasteiger partial charge in [-0.05, 0) is 35.4 Å². The van der Waals surface area contributed by atoms with E-state index in [-0.39, 0.29) is 13.0 Å². The van der Waals surface area contributed by atoms with Crippen molar-refractivity contribution in [3.63, 3.8) is 0 Å². The van der Waals surface area contributed by atoms with Crippen molar-refractivity contribution >= 4 is 11.6 Å². The summed E-state index contributed by atoms with van der Waals surface area (Å²) < 4.78 is 42.0. The van der Waals surface area contributed by atoms with Gasteiger partial charge in [-0.1, -0.05) is 12.1 Å². The highest BCUT2D eigenvalue weighted by Gasteiger charge is 2.28. The molecule has 1 saturated carbocycles. The predicted molar refractivity (Wildman–Crippen MR) is 81.6 cm³/mol. The fourth-order valence-electron chi connectivity index (χ4n) is 2.26. The number of hydrogen-bond donors (Lipinski definition) is 1. The molecular formula is C15H16F3N5O2. The number of amides is 1. The normalized spacial score (nSPS) is 14.5. The number of benzene rings is 1. The fraction of sp³-hybridized carbons (Fsp3) is 0.467. The number of alkyl halides is 3. The van der Waals surface area contributed by atoms with Crippen LogP contribution in [0, 0.1) is 0 Å². The largest absolute Gasteiger partial charge is 0.411 e. The molecule has 1 amide bonds. The Morgan fingerprint density at radius 1 is 1.36 bits per heavy atom. The molecule has 134 valence electrons. The van der Waals surface area contributed by atoms with Gasteiger partial charge >= 0.3 is 6.18 Å². The van der Waals surface area contributed by atoms with Gasteiger partial charge in [0.05, 0.1) is 19.1 Å². The summed E-state index contributed by atoms with van der Waals surface area (Å²) >= 11 is 0. The second kappa shape index (κ2) is 7.18. The smallest absolute Gasteiger partial charge is 0.372 e. The van der Waals surface area contributed by atoms with Crippen LogP contribution in [-0.2, 0) is 9.53 Å². The lowest BCUT2D eigenvalue weighted by atomic mass is 10.2. The first-order valence-electron chi connectivity index (χ1n) is 7.75. The molecule has 25 heavy (non-hydrogen) atoms. The average molecular weight is 355 g/mol. The van der Waals surface area contributed by atoms with Gasteiger partial charge in [0.2, 0.25) is 5.91 Å². The molecule has 7 nitrogen and oxygen atoms in total. The Balaban J connectivity index is 1.56. The fourth-order valence-corrected chi connectivity index (χ4v) is 2.26. The van der Waals surface area contributed by atoms with Gasteiger partial charge < -0.3 is 10.1 Å². The number of nitrogens with zero attached hydrogens (tertiary/aromatic N) is 4. The number of hydrogen-bond acceptors (Lipinski definition) is 5. The minimum Gasteiger partial charge on any atom is -0.372 e. The second-order valence-corrected chi connectivity index (χ2v) is 5.72. The lowest BCUT2D eigenvalue weighted by Gasteiger charge is -2.09. The van der Waals surface area contributed by atoms with E-state index in [0.717, 1.165) is 18.4 Å². The molecule has 1 aliphatic carbocycles. The second-order valence-electron chi connectivity index (χ2n) is 5.72. The van der Waals surface area contributed by atoms with Gasteiger partial charge in [-0.15, -0.1) is 5.10 Å². The standard InChI is InChI=1S/C15H16F3N5O2/c16-15(17,18)9-25-7-6-13(24)19-11-3-1-2-10(8-11)14-20-21-22-23(14)12-4-5-12/h1-3,8,12H,4-7,9H2,(H,19,24). The number of tetrazole rings is 1. The molecule has 1 aliphatic rings. The first-order valence-corrected chi connectivity index (χ1v) is 7.75. The third-order valence-electron chi connectivity index (χ3n) is 3.53. The zero-order chi connectivity index (χ0) is 17.9. The van der Waals surface area contributed by atoms with Crippen molar-refractivity contribution in [1.82, 2.24) is 20.2 Å². The highest BCUT2D eigenvalue weighted by Crippen LogP contribution is 2.36. The van der Waals surface area contributed by atoms with Crippen LogP contribution in [0.1, 0.15) is 25.3 Å². The molecule has 2 aromatic rings. The Morgan fingerprint density at radius 2 is 2.16 bits per heavy atom. The number of aromatic nitrogens is 4. The summed E-state index contributed by atoms with van der Waals surface area (Å²) in [7, 11) is 0. The maximum Gasteiger partial charge on any atom is 0.411 e. The molecule has 0 saturated heterocycles. The minimum atomic E-state index is -4.39. The van der Waals surface area contributed by atoms with E-state index in [1.165, 1.54) is 0 Å². The van der Waals surface area contributed by atoms with E-state index in [0.29, 0.717) is 17.6 Å². The van der Waals surface area contributed by atoms with Crippen molar-refractivity contribution < 1.29 is 22.7 Å². The first kappa shape index (κ1) is 17.3. The Labute approximate surface area is 141 Å². The molecule has 1 fully saturated rings. The molecular weight excluding hydrogens is 339 g/mol. The number of anilines is 1. The Kier molecular flexibility index (Phi) is 4.98. The van der Waals surface area contributed by atoms with Gasteiger partial charge in [0.1, 0.15) is 6.61 Å². The van der Waals surface area contributed by atoms with E-state index in [4.69, 9.17) is 0 Å². The summed E-state index contributed by atoms with van der Waals surface area (Å²) in [6.07, 6.45) is -2.49. The number of carbonyl (C=O) groups is 1. The van der Waals surface area contributed by atoms with Crippen molar-refractivity contribution in [2.45, 2.75) is 31.5 Å². The SMILES string of the molecule is O=C(CCOCC(F)(F)F)Nc1cccc(-c2nnnn2C2CC2)c1. The van der Waals surface area contributed by atoms with Crippen LogP contribution in [0.15, 0.2) is 24.3 Å². The van der Waals surface area contributed by atoms with Crippen LogP contribution < -0.4 is 5.32 Å². The van der Waals surface area contributed by atoms with E-state index in [2.05, 4.69) is 25.6 Å². The maximum atomic E-state index is 12.0. The molecule has 1 aromatic carbocycles. The van der Waals surface area contributed by atoms with E-state index in [1.807, 2.05) is 6.07 Å². The third-order valence-corrected chi connectivity index (χ3v) is 3.53. The summed E-state index contributed by atoms with van der Waals surface area (Å²) in [6, 6.07) is 7.29. The lowest BCUT2D eigenvalue weighted by Crippen LogP contribution is -2.20. The van der Waals surface area contributed by atoms with Crippen LogP contribution >= 0.6 is 0 Å². The molecule has 1 heterocycles. The van der Waals surface area contributed by atoms with Crippen LogP contribution in [0.4, 0.5) is 18.9 Å². The summed E-state index contributed by atoms with van der Waals surface area (Å²) in [4.78, 5) is 11.8. The van der Waals surface area contributed by atoms with Crippen molar-refractivity contribution in [3.05, 3.63) is 24.3 Å². The van der Waals surface area contributed by atoms with Gasteiger partial charge in [0.25, 0.3) is 0 Å². The van der Waals surface area contributed by atoms with Gasteiger partial charge in [0.15, 0.2) is 5.82 Å². The molecule has 0 bridgehead atoms. The molecule has 0 radical (unpaired) electrons. The molecule has 1 aromatic heterocycles. The molecule has 0 unspecified atom stereocenters. The van der Waals surface area contributed by atoms with Gasteiger partial charge in [-0.2, -0.15) is 13.2 Å². The van der Waals surface area contributed by atoms with Gasteiger partial charge in [-0.3, -0.25) is 4.79 Å². The zero-order valence-corrected chi connectivity index (χ0v) is 13.2. The van der Waals surface area contributed by atoms with Crippen molar-refractivity contribution in [2.75, 3.05) is 18.5 Å². The van der Waals surface area contributed by atoms with Gasteiger partial charge in [0, 0.05) is 11.3 Å². The zero-order valence-electron chi connectivity index (χ0n) is 13.2. The topological polar surface area (TPSA) is 81.9 Å². The Bertz CT molecular complexity index is 743. The Hall–Kier alpha value is -2.49. The van der Waals surface area contributed by atoms with Crippen molar-refractivity contribution in [3.8, 4) is 11.4 Å². The van der Waals surface area contributed by atoms with Crippen LogP contribution in [0.5, 0.6) is 0 Å². The summed E-state index contributed by atoms with van der Waals surface area (Å²) in [6.45, 7) is -1.66. The summed E-state index contributed by atoms with van der Waals surface area (Å²) in [5.41, 5.74) is 1.27. The number of rotatable bonds is 7. The van der Waals surface area contributed by atoms with Crippen molar-refractivity contribution in [1.29, 1.82) is 0 Å². The highest BCUT2D eigenvalue weighted by atomic mass is 19.4. The monoisotopic (exact) mass is 355 g/mol. The number of nitrogens with one attached hydrogen (secondary N) is 1. The molecule has 0 atom stereocenters. The van der Waals surface area contributed by atoms with Gasteiger partial charge in [-0.25, -0.2) is 4.68 Å². The summed E-state index contributed by atoms with van der Waals surface area (Å²) in [5.74, 6) is 0.188. The number of ether oxygens (including phenoxy) is 1. The van der Waals surface area contributed by atoms with Crippen LogP contribution in [0.2, 0.25) is 0 Å².